The molecule has 0 atom stereocenters. The van der Waals surface area contributed by atoms with E-state index in [1.165, 1.54) is 42.7 Å². The summed E-state index contributed by atoms with van der Waals surface area (Å²) in [5, 5.41) is 0.621. The topological polar surface area (TPSA) is 77.7 Å². The second kappa shape index (κ2) is 7.46. The van der Waals surface area contributed by atoms with Crippen molar-refractivity contribution in [1.82, 2.24) is 4.57 Å². The molecule has 0 aliphatic rings. The molecule has 142 valence electrons. The number of hydrogen-bond donors (Lipinski definition) is 0. The molecule has 0 aliphatic heterocycles. The summed E-state index contributed by atoms with van der Waals surface area (Å²) in [6, 6.07) is 9.53. The van der Waals surface area contributed by atoms with Crippen molar-refractivity contribution in [1.29, 1.82) is 0 Å². The second-order valence-electron chi connectivity index (χ2n) is 5.90. The molecule has 0 N–H and O–H groups in total. The normalized spacial score (nSPS) is 12.5. The van der Waals surface area contributed by atoms with Gasteiger partial charge in [0.1, 0.15) is 11.5 Å². The van der Waals surface area contributed by atoms with Gasteiger partial charge in [0.25, 0.3) is 5.91 Å². The summed E-state index contributed by atoms with van der Waals surface area (Å²) in [5.41, 5.74) is 1.75. The number of aromatic nitrogens is 1. The van der Waals surface area contributed by atoms with Crippen molar-refractivity contribution in [3.05, 3.63) is 51.8 Å². The number of benzene rings is 2. The maximum Gasteiger partial charge on any atom is 0.263 e. The Morgan fingerprint density at radius 2 is 1.89 bits per heavy atom. The molecular formula is C18H17ClN2O4S2. The highest BCUT2D eigenvalue weighted by Crippen LogP contribution is 2.26. The molecule has 0 saturated heterocycles. The van der Waals surface area contributed by atoms with E-state index in [0.717, 1.165) is 15.8 Å². The number of aryl methyl sites for hydroxylation is 2. The number of carbonyl (C=O) groups is 1. The van der Waals surface area contributed by atoms with Crippen LogP contribution in [0.2, 0.25) is 5.02 Å². The summed E-state index contributed by atoms with van der Waals surface area (Å²) in [6.07, 6.45) is 0. The lowest BCUT2D eigenvalue weighted by Gasteiger charge is -2.04. The van der Waals surface area contributed by atoms with Crippen LogP contribution in [-0.4, -0.2) is 31.8 Å². The monoisotopic (exact) mass is 424 g/mol. The minimum Gasteiger partial charge on any atom is -0.497 e. The molecule has 2 aromatic carbocycles. The molecule has 3 rings (SSSR count). The lowest BCUT2D eigenvalue weighted by molar-refractivity contribution is -0.115. The number of fused-ring (bicyclic) bond motifs is 1. The van der Waals surface area contributed by atoms with Crippen LogP contribution in [0, 0.1) is 6.92 Å². The first-order valence-corrected chi connectivity index (χ1v) is 10.8. The van der Waals surface area contributed by atoms with Gasteiger partial charge in [0.05, 0.1) is 22.2 Å². The van der Waals surface area contributed by atoms with E-state index in [9.17, 15) is 13.2 Å². The van der Waals surface area contributed by atoms with Crippen LogP contribution in [0.1, 0.15) is 5.56 Å². The van der Waals surface area contributed by atoms with E-state index in [0.29, 0.717) is 15.6 Å². The third-order valence-corrected chi connectivity index (χ3v) is 7.23. The Kier molecular flexibility index (Phi) is 5.41. The van der Waals surface area contributed by atoms with Gasteiger partial charge in [0, 0.05) is 12.1 Å². The van der Waals surface area contributed by atoms with Crippen LogP contribution >= 0.6 is 22.9 Å². The Hall–Kier alpha value is -2.16. The van der Waals surface area contributed by atoms with Gasteiger partial charge in [-0.25, -0.2) is 8.42 Å². The summed E-state index contributed by atoms with van der Waals surface area (Å²) in [4.78, 5) is 16.8. The first-order valence-electron chi connectivity index (χ1n) is 7.92. The third-order valence-electron chi connectivity index (χ3n) is 4.10. The van der Waals surface area contributed by atoms with E-state index < -0.39 is 21.5 Å². The number of sulfone groups is 1. The van der Waals surface area contributed by atoms with Gasteiger partial charge in [0.2, 0.25) is 0 Å². The average molecular weight is 425 g/mol. The van der Waals surface area contributed by atoms with Crippen molar-refractivity contribution in [3.63, 3.8) is 0 Å². The maximum absolute atomic E-state index is 12.4. The molecule has 0 bridgehead atoms. The third kappa shape index (κ3) is 3.92. The van der Waals surface area contributed by atoms with Crippen molar-refractivity contribution in [2.45, 2.75) is 11.8 Å². The average Bonchev–Trinajstić information content (AvgIpc) is 2.94. The summed E-state index contributed by atoms with van der Waals surface area (Å²) >= 11 is 7.46. The second-order valence-corrected chi connectivity index (χ2v) is 9.31. The summed E-state index contributed by atoms with van der Waals surface area (Å²) in [5.74, 6) is -0.888. The summed E-state index contributed by atoms with van der Waals surface area (Å²) in [6.45, 7) is 1.89. The number of hydrogen-bond acceptors (Lipinski definition) is 5. The molecule has 0 aliphatic carbocycles. The number of methoxy groups -OCH3 is 1. The maximum atomic E-state index is 12.4. The van der Waals surface area contributed by atoms with Crippen LogP contribution in [0.15, 0.2) is 46.3 Å². The van der Waals surface area contributed by atoms with Gasteiger partial charge < -0.3 is 9.30 Å². The first kappa shape index (κ1) is 19.6. The predicted octanol–water partition coefficient (Wildman–Crippen LogP) is 3.11. The van der Waals surface area contributed by atoms with Crippen molar-refractivity contribution in [3.8, 4) is 5.75 Å². The number of rotatable bonds is 4. The Labute approximate surface area is 165 Å². The smallest absolute Gasteiger partial charge is 0.263 e. The quantitative estimate of drug-likeness (QED) is 0.644. The summed E-state index contributed by atoms with van der Waals surface area (Å²) in [7, 11) is -0.525. The molecule has 6 nitrogen and oxygen atoms in total. The van der Waals surface area contributed by atoms with Crippen LogP contribution in [0.25, 0.3) is 10.2 Å². The zero-order valence-electron chi connectivity index (χ0n) is 14.9. The molecule has 1 aromatic heterocycles. The van der Waals surface area contributed by atoms with Gasteiger partial charge in [-0.3, -0.25) is 4.79 Å². The number of carbonyl (C=O) groups excluding carboxylic acids is 1. The number of nitrogens with zero attached hydrogens (tertiary/aromatic N) is 2. The van der Waals surface area contributed by atoms with E-state index in [1.54, 1.807) is 17.7 Å². The van der Waals surface area contributed by atoms with E-state index in [1.807, 2.05) is 13.0 Å². The van der Waals surface area contributed by atoms with Gasteiger partial charge in [-0.2, -0.15) is 4.99 Å². The van der Waals surface area contributed by atoms with E-state index in [-0.39, 0.29) is 4.90 Å². The Morgan fingerprint density at radius 1 is 1.22 bits per heavy atom. The highest BCUT2D eigenvalue weighted by atomic mass is 35.5. The van der Waals surface area contributed by atoms with Crippen LogP contribution in [-0.2, 0) is 21.7 Å². The van der Waals surface area contributed by atoms with Gasteiger partial charge >= 0.3 is 0 Å². The van der Waals surface area contributed by atoms with Crippen LogP contribution in [0.3, 0.4) is 0 Å². The fourth-order valence-corrected chi connectivity index (χ4v) is 5.03. The molecule has 9 heteroatoms. The highest BCUT2D eigenvalue weighted by Gasteiger charge is 2.19. The fourth-order valence-electron chi connectivity index (χ4n) is 2.68. The zero-order chi connectivity index (χ0) is 19.8. The van der Waals surface area contributed by atoms with Crippen LogP contribution in [0.4, 0.5) is 0 Å². The Balaban J connectivity index is 1.93. The van der Waals surface area contributed by atoms with E-state index >= 15 is 0 Å². The minimum atomic E-state index is -3.79. The van der Waals surface area contributed by atoms with Gasteiger partial charge in [0.15, 0.2) is 14.6 Å². The Morgan fingerprint density at radius 3 is 2.52 bits per heavy atom. The number of thiazole rings is 1. The number of ether oxygens (including phenoxy) is 1. The molecule has 0 unspecified atom stereocenters. The van der Waals surface area contributed by atoms with Crippen LogP contribution < -0.4 is 9.54 Å². The number of amides is 1. The van der Waals surface area contributed by atoms with Crippen molar-refractivity contribution in [2.24, 2.45) is 12.0 Å². The molecule has 0 radical (unpaired) electrons. The van der Waals surface area contributed by atoms with E-state index in [2.05, 4.69) is 4.99 Å². The molecular weight excluding hydrogens is 408 g/mol. The first-order chi connectivity index (χ1) is 12.7. The lowest BCUT2D eigenvalue weighted by atomic mass is 10.2. The van der Waals surface area contributed by atoms with Gasteiger partial charge in [-0.1, -0.05) is 22.9 Å². The molecule has 27 heavy (non-hydrogen) atoms. The Bertz CT molecular complexity index is 1190. The largest absolute Gasteiger partial charge is 0.497 e. The van der Waals surface area contributed by atoms with Crippen molar-refractivity contribution in [2.75, 3.05) is 12.9 Å². The standard InChI is InChI=1S/C18H17ClN2O4S2/c1-11-14(19)8-9-15-17(11)21(2)18(26-15)20-16(22)10-27(23,24)13-6-4-12(25-3)5-7-13/h4-9H,10H2,1-3H3. The number of halogens is 1. The zero-order valence-corrected chi connectivity index (χ0v) is 17.3. The molecule has 0 spiro atoms. The molecule has 1 heterocycles. The molecule has 0 saturated carbocycles. The van der Waals surface area contributed by atoms with Crippen LogP contribution in [0.5, 0.6) is 5.75 Å². The van der Waals surface area contributed by atoms with Gasteiger partial charge in [-0.05, 0) is 48.9 Å². The molecule has 3 aromatic rings. The molecule has 1 amide bonds. The van der Waals surface area contributed by atoms with Crippen molar-refractivity contribution < 1.29 is 17.9 Å². The van der Waals surface area contributed by atoms with Gasteiger partial charge in [-0.15, -0.1) is 0 Å². The predicted molar refractivity (Wildman–Crippen MR) is 106 cm³/mol. The fraction of sp³-hybridized carbons (Fsp3) is 0.222. The van der Waals surface area contributed by atoms with E-state index in [4.69, 9.17) is 16.3 Å². The SMILES string of the molecule is COc1ccc(S(=O)(=O)CC(=O)N=c2sc3ccc(Cl)c(C)c3n2C)cc1. The van der Waals surface area contributed by atoms with Crippen molar-refractivity contribution >= 4 is 48.9 Å². The summed E-state index contributed by atoms with van der Waals surface area (Å²) < 4.78 is 32.6. The molecule has 0 fully saturated rings. The minimum absolute atomic E-state index is 0.0511. The highest BCUT2D eigenvalue weighted by molar-refractivity contribution is 7.92. The lowest BCUT2D eigenvalue weighted by Crippen LogP contribution is -2.19.